The van der Waals surface area contributed by atoms with Crippen molar-refractivity contribution in [3.63, 3.8) is 0 Å². The van der Waals surface area contributed by atoms with Crippen LogP contribution in [0.5, 0.6) is 0 Å². The van der Waals surface area contributed by atoms with Crippen molar-refractivity contribution < 1.29 is 63.1 Å². The minimum atomic E-state index is -3.01. The summed E-state index contributed by atoms with van der Waals surface area (Å²) in [7, 11) is 6.45. The first-order valence-corrected chi connectivity index (χ1v) is 17.3. The number of Topliss-reactive ketones (excluding diaryl/α,β-unsaturated/α-hetero) is 2. The molecule has 5 atom stereocenters. The van der Waals surface area contributed by atoms with Gasteiger partial charge in [0.1, 0.15) is 29.5 Å². The maximum atomic E-state index is 14.3. The molecule has 0 aromatic carbocycles. The van der Waals surface area contributed by atoms with Crippen molar-refractivity contribution in [3.05, 3.63) is 70.1 Å². The van der Waals surface area contributed by atoms with Gasteiger partial charge in [-0.2, -0.15) is 0 Å². The van der Waals surface area contributed by atoms with Crippen LogP contribution >= 0.6 is 0 Å². The summed E-state index contributed by atoms with van der Waals surface area (Å²) in [5.41, 5.74) is 2.31. The van der Waals surface area contributed by atoms with Crippen LogP contribution in [0.15, 0.2) is 68.7 Å². The number of carbonyl (C=O) groups excluding carboxylic acids is 6. The zero-order chi connectivity index (χ0) is 39.9. The average Bonchev–Trinajstić information content (AvgIpc) is 3.63. The smallest absolute Gasteiger partial charge is 0.413 e. The number of primary amides is 1. The van der Waals surface area contributed by atoms with Crippen LogP contribution in [-0.2, 0) is 28.7 Å². The van der Waals surface area contributed by atoms with Gasteiger partial charge in [0.2, 0.25) is 24.2 Å². The van der Waals surface area contributed by atoms with Crippen LogP contribution in [0, 0.1) is 11.8 Å². The van der Waals surface area contributed by atoms with E-state index >= 15 is 0 Å². The number of ether oxygens (including phenoxy) is 2. The number of aliphatic hydroxyl groups is 4. The van der Waals surface area contributed by atoms with E-state index < -0.39 is 101 Å². The van der Waals surface area contributed by atoms with E-state index in [1.807, 2.05) is 6.92 Å². The summed E-state index contributed by atoms with van der Waals surface area (Å²) < 4.78 is 14.9. The molecule has 0 bridgehead atoms. The van der Waals surface area contributed by atoms with E-state index in [1.165, 1.54) is 29.4 Å². The number of hydrogen-bond acceptors (Lipinski definition) is 15. The Balaban J connectivity index is 1.40. The van der Waals surface area contributed by atoms with Gasteiger partial charge >= 0.3 is 12.1 Å². The predicted octanol–water partition coefficient (Wildman–Crippen LogP) is -0.369. The van der Waals surface area contributed by atoms with Crippen LogP contribution in [-0.4, -0.2) is 142 Å². The van der Waals surface area contributed by atoms with Gasteiger partial charge in [0.25, 0.3) is 5.91 Å². The topological polar surface area (TPSA) is 263 Å². The Morgan fingerprint density at radius 3 is 2.39 bits per heavy atom. The molecule has 7 N–H and O–H groups in total. The van der Waals surface area contributed by atoms with E-state index in [9.17, 15) is 49.2 Å². The number of likely N-dealkylation sites (N-methyl/N-ethyl adjacent to an activating group) is 2. The summed E-state index contributed by atoms with van der Waals surface area (Å²) in [6, 6.07) is 0.117. The van der Waals surface area contributed by atoms with E-state index in [-0.39, 0.29) is 36.3 Å². The molecule has 292 valence electrons. The fraction of sp³-hybridized carbons (Fsp3) is 0.500. The van der Waals surface area contributed by atoms with E-state index in [1.54, 1.807) is 33.1 Å². The Morgan fingerprint density at radius 1 is 1.09 bits per heavy atom. The number of ketones is 2. The van der Waals surface area contributed by atoms with Gasteiger partial charge < -0.3 is 50.3 Å². The standard InChI is InChI=1S/C36H45N5O13/c1-6-7-10-41(34(48)54-17-53-33(47)23-9-8-11-52-23)16-25(42)38-24-14-22(39(2)3)19-12-18-13-21-28(40(4)5)30(44)26(32(37)46)31(45)35(21,49)15-20(18)29(43)27(19)36(24,50)51/h8-9,11,14-15,18,21,24,28,45,49-51H,6-7,10,12-13,16-17H2,1-5H3,(H2,37,46)(H,38,42)/t18-,21-,24?,28-,35-/m0/s1. The number of unbranched alkanes of at least 4 members (excludes halogenated alkanes) is 1. The van der Waals surface area contributed by atoms with Crippen molar-refractivity contribution in [3.8, 4) is 0 Å². The highest BCUT2D eigenvalue weighted by Crippen LogP contribution is 2.53. The highest BCUT2D eigenvalue weighted by Gasteiger charge is 2.60. The Labute approximate surface area is 310 Å². The third-order valence-corrected chi connectivity index (χ3v) is 10.2. The van der Waals surface area contributed by atoms with Crippen LogP contribution in [0.3, 0.4) is 0 Å². The number of amides is 3. The molecular formula is C36H45N5O13. The summed E-state index contributed by atoms with van der Waals surface area (Å²) in [5, 5.41) is 48.8. The molecule has 0 saturated heterocycles. The molecule has 0 aliphatic heterocycles. The minimum absolute atomic E-state index is 0.00792. The van der Waals surface area contributed by atoms with Crippen molar-refractivity contribution in [2.75, 3.05) is 48.1 Å². The normalized spacial score (nSPS) is 25.9. The molecule has 4 aliphatic carbocycles. The molecule has 0 fully saturated rings. The molecule has 1 aromatic heterocycles. The zero-order valence-electron chi connectivity index (χ0n) is 30.5. The zero-order valence-corrected chi connectivity index (χ0v) is 30.5. The largest absolute Gasteiger partial charge is 0.508 e. The van der Waals surface area contributed by atoms with Gasteiger partial charge in [0, 0.05) is 37.8 Å². The summed E-state index contributed by atoms with van der Waals surface area (Å²) in [6.07, 6.45) is 3.86. The molecule has 1 heterocycles. The lowest BCUT2D eigenvalue weighted by atomic mass is 9.59. The van der Waals surface area contributed by atoms with Gasteiger partial charge in [0.15, 0.2) is 11.6 Å². The van der Waals surface area contributed by atoms with Crippen molar-refractivity contribution in [2.24, 2.45) is 17.6 Å². The molecule has 1 unspecified atom stereocenters. The molecule has 0 spiro atoms. The predicted molar refractivity (Wildman–Crippen MR) is 185 cm³/mol. The molecule has 3 amide bonds. The van der Waals surface area contributed by atoms with E-state index in [2.05, 4.69) is 5.32 Å². The Bertz CT molecular complexity index is 1860. The molecule has 5 rings (SSSR count). The highest BCUT2D eigenvalue weighted by molar-refractivity contribution is 6.22. The molecule has 18 nitrogen and oxygen atoms in total. The lowest BCUT2D eigenvalue weighted by Crippen LogP contribution is -2.62. The van der Waals surface area contributed by atoms with Crippen LogP contribution in [0.2, 0.25) is 0 Å². The average molecular weight is 756 g/mol. The Hall–Kier alpha value is -5.30. The number of esters is 1. The fourth-order valence-corrected chi connectivity index (χ4v) is 7.62. The Kier molecular flexibility index (Phi) is 11.2. The number of aliphatic hydroxyl groups excluding tert-OH is 1. The van der Waals surface area contributed by atoms with Crippen LogP contribution < -0.4 is 11.1 Å². The second-order valence-electron chi connectivity index (χ2n) is 14.1. The van der Waals surface area contributed by atoms with Crippen molar-refractivity contribution in [1.29, 1.82) is 0 Å². The van der Waals surface area contributed by atoms with Gasteiger partial charge in [-0.3, -0.25) is 29.0 Å². The van der Waals surface area contributed by atoms with Gasteiger partial charge in [-0.25, -0.2) is 9.59 Å². The summed E-state index contributed by atoms with van der Waals surface area (Å²) in [5.74, 6) is -10.4. The number of nitrogens with one attached hydrogen (secondary N) is 1. The summed E-state index contributed by atoms with van der Waals surface area (Å²) in [6.45, 7) is 0.542. The molecule has 0 radical (unpaired) electrons. The molecule has 1 aromatic rings. The third kappa shape index (κ3) is 7.16. The first-order chi connectivity index (χ1) is 25.3. The number of fused-ring (bicyclic) bond motifs is 2. The Morgan fingerprint density at radius 2 is 1.80 bits per heavy atom. The molecular weight excluding hydrogens is 710 g/mol. The summed E-state index contributed by atoms with van der Waals surface area (Å²) in [4.78, 5) is 82.5. The lowest BCUT2D eigenvalue weighted by Gasteiger charge is -2.50. The number of rotatable bonds is 12. The van der Waals surface area contributed by atoms with Crippen LogP contribution in [0.1, 0.15) is 43.2 Å². The van der Waals surface area contributed by atoms with Gasteiger partial charge in [-0.15, -0.1) is 0 Å². The SMILES string of the molecule is CCCCN(CC(=O)NC1C=C(N(C)C)C2=C(C(=O)C3=C[C@@]4(O)C(O)=C(C(N)=O)C(=O)[C@@H](N(C)C)[C@@H]4C[C@@H]3C2)C1(O)O)C(=O)OCOC(=O)c1ccco1. The van der Waals surface area contributed by atoms with Gasteiger partial charge in [-0.1, -0.05) is 13.3 Å². The molecule has 0 saturated carbocycles. The maximum absolute atomic E-state index is 14.3. The van der Waals surface area contributed by atoms with Crippen molar-refractivity contribution in [2.45, 2.75) is 56.1 Å². The number of nitrogens with zero attached hydrogens (tertiary/aromatic N) is 3. The number of hydrogen-bond donors (Lipinski definition) is 6. The third-order valence-electron chi connectivity index (χ3n) is 10.2. The molecule has 18 heteroatoms. The van der Waals surface area contributed by atoms with Gasteiger partial charge in [0.05, 0.1) is 17.9 Å². The van der Waals surface area contributed by atoms with Gasteiger partial charge in [-0.05, 0) is 69.1 Å². The van der Waals surface area contributed by atoms with E-state index in [0.717, 1.165) is 11.0 Å². The number of furan rings is 1. The van der Waals surface area contributed by atoms with Crippen molar-refractivity contribution >= 4 is 35.4 Å². The lowest BCUT2D eigenvalue weighted by molar-refractivity contribution is -0.158. The van der Waals surface area contributed by atoms with Crippen LogP contribution in [0.25, 0.3) is 0 Å². The minimum Gasteiger partial charge on any atom is -0.508 e. The summed E-state index contributed by atoms with van der Waals surface area (Å²) >= 11 is 0. The molecule has 54 heavy (non-hydrogen) atoms. The first-order valence-electron chi connectivity index (χ1n) is 17.3. The molecule has 4 aliphatic rings. The van der Waals surface area contributed by atoms with Crippen LogP contribution in [0.4, 0.5) is 4.79 Å². The van der Waals surface area contributed by atoms with E-state index in [4.69, 9.17) is 19.6 Å². The second-order valence-corrected chi connectivity index (χ2v) is 14.1. The monoisotopic (exact) mass is 755 g/mol. The number of allylic oxidation sites excluding steroid dienone is 2. The number of carbonyl (C=O) groups is 6. The first kappa shape index (κ1) is 39.9. The van der Waals surface area contributed by atoms with Crippen molar-refractivity contribution in [1.82, 2.24) is 20.0 Å². The quantitative estimate of drug-likeness (QED) is 0.0903. The number of nitrogens with two attached hydrogens (primary N) is 1. The second kappa shape index (κ2) is 15.2. The van der Waals surface area contributed by atoms with E-state index in [0.29, 0.717) is 18.5 Å². The fourth-order valence-electron chi connectivity index (χ4n) is 7.62. The highest BCUT2D eigenvalue weighted by atomic mass is 16.7. The maximum Gasteiger partial charge on any atom is 0.413 e.